The van der Waals surface area contributed by atoms with Crippen LogP contribution in [0.25, 0.3) is 5.41 Å². The molecule has 0 aliphatic heterocycles. The molecular weight excluding hydrogens is 174 g/mol. The SMILES string of the molecule is [N-]=C1C=C(C(=O)O)C=C(C(=O)O)[CH+]1. The number of carboxylic acids is 2. The van der Waals surface area contributed by atoms with Crippen molar-refractivity contribution in [1.82, 2.24) is 0 Å². The van der Waals surface area contributed by atoms with Gasteiger partial charge in [0, 0.05) is 12.5 Å². The summed E-state index contributed by atoms with van der Waals surface area (Å²) in [7, 11) is 0. The van der Waals surface area contributed by atoms with Crippen LogP contribution in [0.3, 0.4) is 0 Å². The van der Waals surface area contributed by atoms with Gasteiger partial charge in [-0.25, -0.2) is 4.79 Å². The highest BCUT2D eigenvalue weighted by Gasteiger charge is 2.23. The van der Waals surface area contributed by atoms with Crippen LogP contribution in [-0.2, 0) is 9.59 Å². The summed E-state index contributed by atoms with van der Waals surface area (Å²) in [5.74, 6) is -2.56. The van der Waals surface area contributed by atoms with E-state index in [9.17, 15) is 9.59 Å². The Balaban J connectivity index is 3.05. The number of carboxylic acid groups (broad SMARTS) is 2. The molecule has 0 fully saturated rings. The van der Waals surface area contributed by atoms with Crippen LogP contribution < -0.4 is 0 Å². The molecule has 0 atom stereocenters. The predicted molar refractivity (Wildman–Crippen MR) is 44.1 cm³/mol. The molecular formula is C8H5NO4. The highest BCUT2D eigenvalue weighted by atomic mass is 16.4. The molecule has 5 nitrogen and oxygen atoms in total. The lowest BCUT2D eigenvalue weighted by Gasteiger charge is -2.06. The van der Waals surface area contributed by atoms with Crippen molar-refractivity contribution in [2.45, 2.75) is 0 Å². The molecule has 1 aliphatic rings. The Morgan fingerprint density at radius 3 is 2.31 bits per heavy atom. The van der Waals surface area contributed by atoms with E-state index >= 15 is 0 Å². The Hall–Kier alpha value is -2.04. The van der Waals surface area contributed by atoms with E-state index in [-0.39, 0.29) is 16.9 Å². The maximum Gasteiger partial charge on any atom is 0.420 e. The summed E-state index contributed by atoms with van der Waals surface area (Å²) in [5, 5.41) is 26.0. The third-order valence-corrected chi connectivity index (χ3v) is 1.41. The van der Waals surface area contributed by atoms with Crippen LogP contribution in [-0.4, -0.2) is 27.9 Å². The Morgan fingerprint density at radius 2 is 1.85 bits per heavy atom. The number of rotatable bonds is 2. The van der Waals surface area contributed by atoms with E-state index < -0.39 is 11.9 Å². The van der Waals surface area contributed by atoms with E-state index in [0.29, 0.717) is 0 Å². The van der Waals surface area contributed by atoms with Crippen molar-refractivity contribution in [3.63, 3.8) is 0 Å². The molecule has 1 rings (SSSR count). The molecule has 5 heteroatoms. The highest BCUT2D eigenvalue weighted by Crippen LogP contribution is 2.14. The van der Waals surface area contributed by atoms with Gasteiger partial charge in [0.25, 0.3) is 0 Å². The number of hydrogen-bond donors (Lipinski definition) is 2. The lowest BCUT2D eigenvalue weighted by atomic mass is 9.98. The molecule has 66 valence electrons. The lowest BCUT2D eigenvalue weighted by Crippen LogP contribution is -2.14. The summed E-state index contributed by atoms with van der Waals surface area (Å²) in [6.07, 6.45) is 2.94. The monoisotopic (exact) mass is 179 g/mol. The molecule has 0 amide bonds. The number of allylic oxidation sites excluding steroid dienone is 1. The van der Waals surface area contributed by atoms with Gasteiger partial charge >= 0.3 is 11.9 Å². The summed E-state index contributed by atoms with van der Waals surface area (Å²) in [4.78, 5) is 20.8. The van der Waals surface area contributed by atoms with Crippen molar-refractivity contribution >= 4 is 17.7 Å². The van der Waals surface area contributed by atoms with E-state index in [4.69, 9.17) is 15.6 Å². The van der Waals surface area contributed by atoms with Gasteiger partial charge in [0.1, 0.15) is 5.57 Å². The van der Waals surface area contributed by atoms with Crippen LogP contribution in [0.2, 0.25) is 0 Å². The van der Waals surface area contributed by atoms with Gasteiger partial charge in [-0.2, -0.15) is 4.79 Å². The Labute approximate surface area is 73.5 Å². The minimum Gasteiger partial charge on any atom is -0.785 e. The minimum atomic E-state index is -1.28. The molecule has 0 bridgehead atoms. The fourth-order valence-corrected chi connectivity index (χ4v) is 0.858. The molecule has 0 radical (unpaired) electrons. The summed E-state index contributed by atoms with van der Waals surface area (Å²) < 4.78 is 0. The first-order valence-electron chi connectivity index (χ1n) is 3.31. The third-order valence-electron chi connectivity index (χ3n) is 1.41. The summed E-state index contributed by atoms with van der Waals surface area (Å²) in [5.41, 5.74) is -0.882. The first-order chi connectivity index (χ1) is 6.00. The van der Waals surface area contributed by atoms with Gasteiger partial charge in [-0.15, -0.1) is 0 Å². The summed E-state index contributed by atoms with van der Waals surface area (Å²) in [6, 6.07) is 0. The van der Waals surface area contributed by atoms with Gasteiger partial charge in [-0.3, -0.25) is 0 Å². The molecule has 0 aromatic rings. The topological polar surface area (TPSA) is 96.9 Å². The zero-order valence-corrected chi connectivity index (χ0v) is 6.39. The first-order valence-corrected chi connectivity index (χ1v) is 3.31. The van der Waals surface area contributed by atoms with Crippen molar-refractivity contribution in [3.8, 4) is 0 Å². The molecule has 2 N–H and O–H groups in total. The standard InChI is InChI=1S/C8H5NO4/c9-6-2-4(7(10)11)1-5(3-6)8(12)13/h1-3H,(H,10,11)(H,12,13). The van der Waals surface area contributed by atoms with E-state index in [1.54, 1.807) is 0 Å². The van der Waals surface area contributed by atoms with Gasteiger partial charge in [-0.05, 0) is 0 Å². The average Bonchev–Trinajstić information content (AvgIpc) is 2.03. The number of nitrogens with zero attached hydrogens (tertiary/aromatic N) is 1. The largest absolute Gasteiger partial charge is 0.785 e. The molecule has 0 aromatic heterocycles. The van der Waals surface area contributed by atoms with Gasteiger partial charge < -0.3 is 15.6 Å². The van der Waals surface area contributed by atoms with Gasteiger partial charge in [0.15, 0.2) is 5.57 Å². The average molecular weight is 179 g/mol. The van der Waals surface area contributed by atoms with Crippen LogP contribution >= 0.6 is 0 Å². The van der Waals surface area contributed by atoms with Crippen molar-refractivity contribution in [3.05, 3.63) is 35.1 Å². The van der Waals surface area contributed by atoms with E-state index in [1.807, 2.05) is 0 Å². The van der Waals surface area contributed by atoms with E-state index in [2.05, 4.69) is 0 Å². The number of carbonyl (C=O) groups is 2. The van der Waals surface area contributed by atoms with E-state index in [0.717, 1.165) is 18.6 Å². The van der Waals surface area contributed by atoms with Crippen molar-refractivity contribution in [2.24, 2.45) is 0 Å². The summed E-state index contributed by atoms with van der Waals surface area (Å²) in [6.45, 7) is 0. The van der Waals surface area contributed by atoms with Crippen molar-refractivity contribution in [1.29, 1.82) is 0 Å². The minimum absolute atomic E-state index is 0.252. The van der Waals surface area contributed by atoms with Crippen LogP contribution in [0.15, 0.2) is 23.3 Å². The van der Waals surface area contributed by atoms with Crippen LogP contribution in [0.1, 0.15) is 0 Å². The third kappa shape index (κ3) is 1.96. The Bertz CT molecular complexity index is 351. The second-order valence-electron chi connectivity index (χ2n) is 2.38. The quantitative estimate of drug-likeness (QED) is 0.593. The lowest BCUT2D eigenvalue weighted by molar-refractivity contribution is -0.132. The van der Waals surface area contributed by atoms with Crippen molar-refractivity contribution < 1.29 is 19.8 Å². The zero-order valence-electron chi connectivity index (χ0n) is 6.39. The molecule has 0 saturated carbocycles. The summed E-state index contributed by atoms with van der Waals surface area (Å²) >= 11 is 0. The van der Waals surface area contributed by atoms with E-state index in [1.165, 1.54) is 0 Å². The Kier molecular flexibility index (Phi) is 2.19. The van der Waals surface area contributed by atoms with Crippen LogP contribution in [0, 0.1) is 6.42 Å². The second kappa shape index (κ2) is 3.14. The number of hydrogen-bond acceptors (Lipinski definition) is 2. The smallest absolute Gasteiger partial charge is 0.420 e. The van der Waals surface area contributed by atoms with Crippen LogP contribution in [0.5, 0.6) is 0 Å². The predicted octanol–water partition coefficient (Wildman–Crippen LogP) is 0.237. The highest BCUT2D eigenvalue weighted by molar-refractivity contribution is 6.17. The van der Waals surface area contributed by atoms with Gasteiger partial charge in [0.2, 0.25) is 0 Å². The molecule has 1 aliphatic carbocycles. The maximum atomic E-state index is 10.4. The maximum absolute atomic E-state index is 10.4. The molecule has 0 aromatic carbocycles. The molecule has 0 heterocycles. The fraction of sp³-hybridized carbons (Fsp3) is 0. The van der Waals surface area contributed by atoms with Gasteiger partial charge in [-0.1, -0.05) is 5.71 Å². The molecule has 0 unspecified atom stereocenters. The second-order valence-corrected chi connectivity index (χ2v) is 2.38. The molecule has 0 saturated heterocycles. The molecule has 0 spiro atoms. The Morgan fingerprint density at radius 1 is 1.23 bits per heavy atom. The van der Waals surface area contributed by atoms with Crippen molar-refractivity contribution in [2.75, 3.05) is 0 Å². The fourth-order valence-electron chi connectivity index (χ4n) is 0.858. The number of aliphatic carboxylic acids is 2. The zero-order chi connectivity index (χ0) is 10.0. The van der Waals surface area contributed by atoms with Crippen LogP contribution in [0.4, 0.5) is 0 Å². The van der Waals surface area contributed by atoms with Gasteiger partial charge in [0.05, 0.1) is 6.08 Å². The molecule has 13 heavy (non-hydrogen) atoms. The normalized spacial score (nSPS) is 15.5. The first kappa shape index (κ1) is 9.05.